The molecule has 0 aliphatic carbocycles. The van der Waals surface area contributed by atoms with Gasteiger partial charge in [0.2, 0.25) is 0 Å². The van der Waals surface area contributed by atoms with Crippen molar-refractivity contribution in [2.45, 2.75) is 38.8 Å². The van der Waals surface area contributed by atoms with Crippen LogP contribution in [0, 0.1) is 0 Å². The van der Waals surface area contributed by atoms with Gasteiger partial charge in [0.05, 0.1) is 0 Å². The third kappa shape index (κ3) is 3.09. The van der Waals surface area contributed by atoms with Crippen molar-refractivity contribution in [1.82, 2.24) is 4.98 Å². The lowest BCUT2D eigenvalue weighted by atomic mass is 10.2. The fourth-order valence-electron chi connectivity index (χ4n) is 1.32. The largest absolute Gasteiger partial charge is 0.431 e. The van der Waals surface area contributed by atoms with Crippen molar-refractivity contribution in [2.24, 2.45) is 0 Å². The summed E-state index contributed by atoms with van der Waals surface area (Å²) in [6, 6.07) is 2.61. The minimum absolute atomic E-state index is 0.649. The average Bonchev–Trinajstić information content (AvgIpc) is 2.52. The van der Waals surface area contributed by atoms with Gasteiger partial charge < -0.3 is 4.98 Å². The van der Waals surface area contributed by atoms with Crippen molar-refractivity contribution < 1.29 is 13.2 Å². The number of rotatable bonds is 4. The second kappa shape index (κ2) is 4.53. The summed E-state index contributed by atoms with van der Waals surface area (Å²) in [5.74, 6) is 0. The van der Waals surface area contributed by atoms with Crippen molar-refractivity contribution in [2.75, 3.05) is 0 Å². The lowest BCUT2D eigenvalue weighted by Crippen LogP contribution is -2.05. The Morgan fingerprint density at radius 1 is 1.21 bits per heavy atom. The summed E-state index contributed by atoms with van der Waals surface area (Å²) >= 11 is 0. The van der Waals surface area contributed by atoms with Crippen LogP contribution in [0.3, 0.4) is 0 Å². The number of aryl methyl sites for hydroxylation is 1. The molecular weight excluding hydrogens is 191 g/mol. The SMILES string of the molecule is CCCCCc1ccc(C(F)(F)F)[nH]1. The topological polar surface area (TPSA) is 15.8 Å². The van der Waals surface area contributed by atoms with Crippen LogP contribution in [0.25, 0.3) is 0 Å². The van der Waals surface area contributed by atoms with Gasteiger partial charge in [0.1, 0.15) is 5.69 Å². The molecule has 1 rings (SSSR count). The van der Waals surface area contributed by atoms with Gasteiger partial charge in [0.25, 0.3) is 0 Å². The molecule has 0 bridgehead atoms. The van der Waals surface area contributed by atoms with E-state index in [-0.39, 0.29) is 0 Å². The predicted octanol–water partition coefficient (Wildman–Crippen LogP) is 3.77. The first-order chi connectivity index (χ1) is 6.54. The summed E-state index contributed by atoms with van der Waals surface area (Å²) in [5, 5.41) is 0. The molecule has 0 aliphatic heterocycles. The van der Waals surface area contributed by atoms with E-state index in [2.05, 4.69) is 11.9 Å². The minimum atomic E-state index is -4.25. The molecule has 0 aliphatic rings. The van der Waals surface area contributed by atoms with Crippen LogP contribution in [0.4, 0.5) is 13.2 Å². The second-order valence-corrected chi connectivity index (χ2v) is 3.35. The van der Waals surface area contributed by atoms with Gasteiger partial charge in [-0.2, -0.15) is 13.2 Å². The van der Waals surface area contributed by atoms with Gasteiger partial charge in [-0.15, -0.1) is 0 Å². The number of unbranched alkanes of at least 4 members (excludes halogenated alkanes) is 2. The van der Waals surface area contributed by atoms with Gasteiger partial charge in [0, 0.05) is 5.69 Å². The first-order valence-corrected chi connectivity index (χ1v) is 4.79. The molecule has 0 aromatic carbocycles. The predicted molar refractivity (Wildman–Crippen MR) is 49.0 cm³/mol. The number of halogens is 3. The van der Waals surface area contributed by atoms with Crippen LogP contribution in [-0.2, 0) is 12.6 Å². The summed E-state index contributed by atoms with van der Waals surface area (Å²) in [6.07, 6.45) is -0.478. The molecule has 4 heteroatoms. The summed E-state index contributed by atoms with van der Waals surface area (Å²) in [4.78, 5) is 2.39. The average molecular weight is 205 g/mol. The number of aromatic nitrogens is 1. The highest BCUT2D eigenvalue weighted by Gasteiger charge is 2.31. The minimum Gasteiger partial charge on any atom is -0.355 e. The Morgan fingerprint density at radius 2 is 1.93 bits per heavy atom. The van der Waals surface area contributed by atoms with Crippen LogP contribution in [0.2, 0.25) is 0 Å². The fraction of sp³-hybridized carbons (Fsp3) is 0.600. The van der Waals surface area contributed by atoms with E-state index in [0.717, 1.165) is 25.3 Å². The Morgan fingerprint density at radius 3 is 2.43 bits per heavy atom. The fourth-order valence-corrected chi connectivity index (χ4v) is 1.32. The molecule has 14 heavy (non-hydrogen) atoms. The number of H-pyrrole nitrogens is 1. The first-order valence-electron chi connectivity index (χ1n) is 4.79. The maximum Gasteiger partial charge on any atom is 0.431 e. The first kappa shape index (κ1) is 11.1. The highest BCUT2D eigenvalue weighted by Crippen LogP contribution is 2.28. The zero-order chi connectivity index (χ0) is 10.6. The molecule has 0 amide bonds. The Labute approximate surface area is 81.3 Å². The molecule has 1 N–H and O–H groups in total. The molecular formula is C10H14F3N. The zero-order valence-electron chi connectivity index (χ0n) is 8.12. The van der Waals surface area contributed by atoms with Crippen LogP contribution in [0.1, 0.15) is 37.6 Å². The Balaban J connectivity index is 2.51. The van der Waals surface area contributed by atoms with Crippen molar-refractivity contribution in [1.29, 1.82) is 0 Å². The van der Waals surface area contributed by atoms with E-state index < -0.39 is 11.9 Å². The summed E-state index contributed by atoms with van der Waals surface area (Å²) in [5.41, 5.74) is 0.0229. The zero-order valence-corrected chi connectivity index (χ0v) is 8.12. The molecule has 0 unspecified atom stereocenters. The van der Waals surface area contributed by atoms with E-state index >= 15 is 0 Å². The van der Waals surface area contributed by atoms with Crippen molar-refractivity contribution in [3.8, 4) is 0 Å². The third-order valence-corrected chi connectivity index (χ3v) is 2.10. The smallest absolute Gasteiger partial charge is 0.355 e. The quantitative estimate of drug-likeness (QED) is 0.720. The second-order valence-electron chi connectivity index (χ2n) is 3.35. The van der Waals surface area contributed by atoms with Gasteiger partial charge in [-0.25, -0.2) is 0 Å². The monoisotopic (exact) mass is 205 g/mol. The van der Waals surface area contributed by atoms with Crippen LogP contribution >= 0.6 is 0 Å². The molecule has 0 spiro atoms. The molecule has 0 radical (unpaired) electrons. The van der Waals surface area contributed by atoms with Gasteiger partial charge >= 0.3 is 6.18 Å². The van der Waals surface area contributed by atoms with Crippen molar-refractivity contribution in [3.63, 3.8) is 0 Å². The molecule has 80 valence electrons. The van der Waals surface area contributed by atoms with E-state index in [1.807, 2.05) is 0 Å². The van der Waals surface area contributed by atoms with Gasteiger partial charge in [-0.1, -0.05) is 19.8 Å². The van der Waals surface area contributed by atoms with E-state index in [4.69, 9.17) is 0 Å². The molecule has 0 saturated heterocycles. The van der Waals surface area contributed by atoms with E-state index in [1.165, 1.54) is 6.07 Å². The molecule has 0 saturated carbocycles. The van der Waals surface area contributed by atoms with Crippen molar-refractivity contribution in [3.05, 3.63) is 23.5 Å². The molecule has 1 aromatic rings. The van der Waals surface area contributed by atoms with Crippen LogP contribution in [0.5, 0.6) is 0 Å². The number of nitrogens with one attached hydrogen (secondary N) is 1. The third-order valence-electron chi connectivity index (χ3n) is 2.10. The van der Waals surface area contributed by atoms with E-state index in [0.29, 0.717) is 12.1 Å². The summed E-state index contributed by atoms with van der Waals surface area (Å²) in [6.45, 7) is 2.07. The van der Waals surface area contributed by atoms with E-state index in [1.54, 1.807) is 0 Å². The van der Waals surface area contributed by atoms with Crippen LogP contribution in [0.15, 0.2) is 12.1 Å². The number of alkyl halides is 3. The van der Waals surface area contributed by atoms with E-state index in [9.17, 15) is 13.2 Å². The van der Waals surface area contributed by atoms with Crippen LogP contribution in [-0.4, -0.2) is 4.98 Å². The maximum absolute atomic E-state index is 12.2. The molecule has 1 aromatic heterocycles. The van der Waals surface area contributed by atoms with Crippen LogP contribution < -0.4 is 0 Å². The molecule has 1 heterocycles. The number of hydrogen-bond donors (Lipinski definition) is 1. The maximum atomic E-state index is 12.2. The van der Waals surface area contributed by atoms with Gasteiger partial charge in [-0.05, 0) is 25.0 Å². The Kier molecular flexibility index (Phi) is 3.61. The molecule has 0 atom stereocenters. The highest BCUT2D eigenvalue weighted by atomic mass is 19.4. The van der Waals surface area contributed by atoms with Gasteiger partial charge in [0.15, 0.2) is 0 Å². The van der Waals surface area contributed by atoms with Crippen molar-refractivity contribution >= 4 is 0 Å². The Hall–Kier alpha value is -0.930. The molecule has 1 nitrogen and oxygen atoms in total. The lowest BCUT2D eigenvalue weighted by molar-refractivity contribution is -0.140. The normalized spacial score (nSPS) is 12.0. The van der Waals surface area contributed by atoms with Gasteiger partial charge in [-0.3, -0.25) is 0 Å². The standard InChI is InChI=1S/C10H14F3N/c1-2-3-4-5-8-6-7-9(14-8)10(11,12)13/h6-7,14H,2-5H2,1H3. The summed E-state index contributed by atoms with van der Waals surface area (Å²) in [7, 11) is 0. The lowest BCUT2D eigenvalue weighted by Gasteiger charge is -2.02. The number of hydrogen-bond acceptors (Lipinski definition) is 0. The summed E-state index contributed by atoms with van der Waals surface area (Å²) < 4.78 is 36.5. The highest BCUT2D eigenvalue weighted by molar-refractivity contribution is 5.15. The molecule has 0 fully saturated rings. The Bertz CT molecular complexity index is 275. The number of aromatic amines is 1.